The van der Waals surface area contributed by atoms with E-state index in [1.54, 1.807) is 0 Å². The summed E-state index contributed by atoms with van der Waals surface area (Å²) < 4.78 is 4.17. The molecule has 7 heteroatoms. The fourth-order valence-electron chi connectivity index (χ4n) is 4.20. The second-order valence-corrected chi connectivity index (χ2v) is 7.64. The van der Waals surface area contributed by atoms with Gasteiger partial charge in [0.25, 0.3) is 0 Å². The largest absolute Gasteiger partial charge is 0.336 e. The second-order valence-electron chi connectivity index (χ2n) is 7.64. The lowest BCUT2D eigenvalue weighted by molar-refractivity contribution is 0.154. The first-order chi connectivity index (χ1) is 12.0. The number of carbonyl (C=O) groups excluding carboxylic acids is 1. The Morgan fingerprint density at radius 1 is 1.20 bits per heavy atom. The van der Waals surface area contributed by atoms with Crippen LogP contribution in [0.4, 0.5) is 4.79 Å². The highest BCUT2D eigenvalue weighted by Crippen LogP contribution is 2.44. The molecule has 1 spiro atoms. The van der Waals surface area contributed by atoms with Crippen molar-refractivity contribution in [1.29, 1.82) is 0 Å². The standard InChI is InChI=1S/C18H26N6O/c1-13(2)21-17(25)23-7-4-18(5-8-23)6-9-24-15(11-19-16(18)24)14-10-20-22(3)12-14/h10-13H,4-9H2,1-3H3,(H,21,25). The molecule has 2 aliphatic rings. The fourth-order valence-corrected chi connectivity index (χ4v) is 4.20. The molecule has 0 aromatic carbocycles. The van der Waals surface area contributed by atoms with Crippen molar-refractivity contribution >= 4 is 6.03 Å². The Balaban J connectivity index is 1.52. The zero-order valence-corrected chi connectivity index (χ0v) is 15.2. The molecule has 4 rings (SSSR count). The highest BCUT2D eigenvalue weighted by molar-refractivity contribution is 5.74. The Bertz CT molecular complexity index is 781. The smallest absolute Gasteiger partial charge is 0.317 e. The number of imidazole rings is 1. The van der Waals surface area contributed by atoms with Crippen LogP contribution in [0.1, 0.15) is 38.9 Å². The number of hydrogen-bond donors (Lipinski definition) is 1. The number of rotatable bonds is 2. The predicted octanol–water partition coefficient (Wildman–Crippen LogP) is 2.14. The van der Waals surface area contributed by atoms with E-state index in [2.05, 4.69) is 15.0 Å². The number of nitrogens with zero attached hydrogens (tertiary/aromatic N) is 5. The molecule has 1 fully saturated rings. The van der Waals surface area contributed by atoms with Gasteiger partial charge in [-0.05, 0) is 33.1 Å². The highest BCUT2D eigenvalue weighted by Gasteiger charge is 2.44. The van der Waals surface area contributed by atoms with E-state index in [-0.39, 0.29) is 17.5 Å². The zero-order chi connectivity index (χ0) is 17.6. The molecule has 0 aliphatic carbocycles. The Hall–Kier alpha value is -2.31. The van der Waals surface area contributed by atoms with Gasteiger partial charge in [0.15, 0.2) is 0 Å². The van der Waals surface area contributed by atoms with E-state index in [9.17, 15) is 4.79 Å². The van der Waals surface area contributed by atoms with Crippen LogP contribution in [0.3, 0.4) is 0 Å². The summed E-state index contributed by atoms with van der Waals surface area (Å²) in [5.41, 5.74) is 2.39. The maximum Gasteiger partial charge on any atom is 0.317 e. The molecule has 2 aromatic rings. The van der Waals surface area contributed by atoms with Crippen molar-refractivity contribution in [1.82, 2.24) is 29.5 Å². The molecule has 25 heavy (non-hydrogen) atoms. The van der Waals surface area contributed by atoms with Gasteiger partial charge >= 0.3 is 6.03 Å². The first kappa shape index (κ1) is 16.2. The first-order valence-corrected chi connectivity index (χ1v) is 9.09. The van der Waals surface area contributed by atoms with E-state index in [0.29, 0.717) is 0 Å². The number of urea groups is 1. The average molecular weight is 342 g/mol. The van der Waals surface area contributed by atoms with Crippen LogP contribution in [-0.4, -0.2) is 49.4 Å². The van der Waals surface area contributed by atoms with Crippen LogP contribution in [0.2, 0.25) is 0 Å². The molecule has 0 saturated carbocycles. The van der Waals surface area contributed by atoms with Gasteiger partial charge in [0, 0.05) is 49.9 Å². The third-order valence-corrected chi connectivity index (χ3v) is 5.56. The van der Waals surface area contributed by atoms with E-state index in [1.807, 2.05) is 49.1 Å². The number of likely N-dealkylation sites (tertiary alicyclic amines) is 1. The summed E-state index contributed by atoms with van der Waals surface area (Å²) in [5, 5.41) is 7.27. The van der Waals surface area contributed by atoms with E-state index in [4.69, 9.17) is 4.98 Å². The van der Waals surface area contributed by atoms with Gasteiger partial charge in [-0.1, -0.05) is 0 Å². The number of nitrogens with one attached hydrogen (secondary N) is 1. The van der Waals surface area contributed by atoms with Crippen molar-refractivity contribution in [3.63, 3.8) is 0 Å². The van der Waals surface area contributed by atoms with Crippen molar-refractivity contribution in [2.24, 2.45) is 7.05 Å². The number of carbonyl (C=O) groups is 1. The maximum absolute atomic E-state index is 12.2. The summed E-state index contributed by atoms with van der Waals surface area (Å²) >= 11 is 0. The molecular formula is C18H26N6O. The Morgan fingerprint density at radius 2 is 1.92 bits per heavy atom. The molecule has 2 aromatic heterocycles. The predicted molar refractivity (Wildman–Crippen MR) is 95.2 cm³/mol. The molecular weight excluding hydrogens is 316 g/mol. The fraction of sp³-hybridized carbons (Fsp3) is 0.611. The molecule has 0 radical (unpaired) electrons. The van der Waals surface area contributed by atoms with Crippen molar-refractivity contribution in [2.45, 2.75) is 51.1 Å². The van der Waals surface area contributed by atoms with Crippen LogP contribution < -0.4 is 5.32 Å². The average Bonchev–Trinajstić information content (AvgIpc) is 3.25. The molecule has 2 aliphatic heterocycles. The van der Waals surface area contributed by atoms with Crippen molar-refractivity contribution in [3.8, 4) is 11.3 Å². The van der Waals surface area contributed by atoms with Crippen molar-refractivity contribution in [3.05, 3.63) is 24.4 Å². The third-order valence-electron chi connectivity index (χ3n) is 5.56. The summed E-state index contributed by atoms with van der Waals surface area (Å²) in [7, 11) is 1.93. The molecule has 0 atom stereocenters. The molecule has 2 amide bonds. The minimum Gasteiger partial charge on any atom is -0.336 e. The van der Waals surface area contributed by atoms with Crippen LogP contribution in [0.5, 0.6) is 0 Å². The van der Waals surface area contributed by atoms with Crippen LogP contribution in [0, 0.1) is 0 Å². The highest BCUT2D eigenvalue weighted by atomic mass is 16.2. The van der Waals surface area contributed by atoms with Gasteiger partial charge < -0.3 is 14.8 Å². The Labute approximate surface area is 148 Å². The van der Waals surface area contributed by atoms with E-state index in [1.165, 1.54) is 5.82 Å². The van der Waals surface area contributed by atoms with Gasteiger partial charge in [-0.3, -0.25) is 4.68 Å². The van der Waals surface area contributed by atoms with E-state index < -0.39 is 0 Å². The quantitative estimate of drug-likeness (QED) is 0.909. The van der Waals surface area contributed by atoms with Crippen LogP contribution in [-0.2, 0) is 19.0 Å². The zero-order valence-electron chi connectivity index (χ0n) is 15.2. The number of fused-ring (bicyclic) bond motifs is 2. The molecule has 1 N–H and O–H groups in total. The van der Waals surface area contributed by atoms with Gasteiger partial charge in [0.2, 0.25) is 0 Å². The summed E-state index contributed by atoms with van der Waals surface area (Å²) in [6.45, 7) is 6.59. The molecule has 1 saturated heterocycles. The summed E-state index contributed by atoms with van der Waals surface area (Å²) in [4.78, 5) is 19.0. The van der Waals surface area contributed by atoms with Crippen molar-refractivity contribution in [2.75, 3.05) is 13.1 Å². The van der Waals surface area contributed by atoms with Crippen LogP contribution in [0.25, 0.3) is 11.3 Å². The topological polar surface area (TPSA) is 68.0 Å². The third kappa shape index (κ3) is 2.71. The second kappa shape index (κ2) is 5.89. The number of piperidine rings is 1. The van der Waals surface area contributed by atoms with Gasteiger partial charge in [-0.15, -0.1) is 0 Å². The monoisotopic (exact) mass is 342 g/mol. The molecule has 7 nitrogen and oxygen atoms in total. The van der Waals surface area contributed by atoms with E-state index >= 15 is 0 Å². The summed E-state index contributed by atoms with van der Waals surface area (Å²) in [5.74, 6) is 1.19. The minimum atomic E-state index is 0.0576. The lowest BCUT2D eigenvalue weighted by Gasteiger charge is -2.38. The molecule has 4 heterocycles. The van der Waals surface area contributed by atoms with Gasteiger partial charge in [0.1, 0.15) is 5.82 Å². The molecule has 0 unspecified atom stereocenters. The summed E-state index contributed by atoms with van der Waals surface area (Å²) in [6.07, 6.45) is 9.00. The Kier molecular flexibility index (Phi) is 3.81. The molecule has 134 valence electrons. The number of aromatic nitrogens is 4. The summed E-state index contributed by atoms with van der Waals surface area (Å²) in [6, 6.07) is 0.234. The number of amides is 2. The normalized spacial score (nSPS) is 18.8. The molecule has 0 bridgehead atoms. The SMILES string of the molecule is CC(C)NC(=O)N1CCC2(CC1)CCn1c(-c3cnn(C)c3)cnc12. The lowest BCUT2D eigenvalue weighted by atomic mass is 9.77. The minimum absolute atomic E-state index is 0.0576. The number of hydrogen-bond acceptors (Lipinski definition) is 3. The van der Waals surface area contributed by atoms with E-state index in [0.717, 1.165) is 50.2 Å². The number of aryl methyl sites for hydroxylation is 1. The Morgan fingerprint density at radius 3 is 2.56 bits per heavy atom. The van der Waals surface area contributed by atoms with Gasteiger partial charge in [-0.2, -0.15) is 5.10 Å². The lowest BCUT2D eigenvalue weighted by Crippen LogP contribution is -2.49. The van der Waals surface area contributed by atoms with Crippen LogP contribution >= 0.6 is 0 Å². The van der Waals surface area contributed by atoms with Gasteiger partial charge in [-0.25, -0.2) is 9.78 Å². The van der Waals surface area contributed by atoms with Gasteiger partial charge in [0.05, 0.1) is 18.1 Å². The maximum atomic E-state index is 12.2. The van der Waals surface area contributed by atoms with Crippen LogP contribution in [0.15, 0.2) is 18.6 Å². The first-order valence-electron chi connectivity index (χ1n) is 9.09. The van der Waals surface area contributed by atoms with Crippen molar-refractivity contribution < 1.29 is 4.79 Å².